The van der Waals surface area contributed by atoms with Gasteiger partial charge in [0.2, 0.25) is 5.91 Å². The molecule has 0 saturated carbocycles. The summed E-state index contributed by atoms with van der Waals surface area (Å²) in [6.07, 6.45) is 2.43. The number of carbonyl (C=O) groups is 3. The number of esters is 1. The SMILES string of the molecule is COC(=O)C(CCC(=O)NCCCCC(CO)COC(c1ccccc1)(c1ccc(OC)cc1)c1ccc(OC)cc1)NCC(=O)c1ccccc1. The molecule has 2 atom stereocenters. The van der Waals surface area contributed by atoms with E-state index in [0.29, 0.717) is 24.9 Å². The molecule has 0 saturated heterocycles. The minimum atomic E-state index is -0.979. The fraction of sp³-hybridized carbons (Fsp3) is 0.357. The van der Waals surface area contributed by atoms with Crippen molar-refractivity contribution < 1.29 is 38.4 Å². The van der Waals surface area contributed by atoms with Crippen LogP contribution in [0.2, 0.25) is 0 Å². The van der Waals surface area contributed by atoms with Crippen LogP contribution in [0.25, 0.3) is 0 Å². The molecule has 0 aromatic heterocycles. The standard InChI is InChI=1S/C42H50N2O8/c1-49-36-21-17-34(18-22-36)42(33-15-8-5-9-16-33,35-19-23-37(50-2)24-20-35)52-30-31(29-45)12-10-11-27-43-40(47)26-25-38(41(48)51-3)44-28-39(46)32-13-6-4-7-14-32/h4-9,13-24,31,38,44-45H,10-12,25-30H2,1-3H3,(H,43,47). The Labute approximate surface area is 306 Å². The lowest BCUT2D eigenvalue weighted by Crippen LogP contribution is -2.41. The van der Waals surface area contributed by atoms with Crippen LogP contribution in [-0.4, -0.2) is 76.4 Å². The third-order valence-electron chi connectivity index (χ3n) is 9.08. The van der Waals surface area contributed by atoms with E-state index in [4.69, 9.17) is 18.9 Å². The summed E-state index contributed by atoms with van der Waals surface area (Å²) in [6.45, 7) is 0.627. The summed E-state index contributed by atoms with van der Waals surface area (Å²) < 4.78 is 22.7. The minimum absolute atomic E-state index is 0.0478. The second kappa shape index (κ2) is 20.7. The van der Waals surface area contributed by atoms with E-state index in [9.17, 15) is 19.5 Å². The number of nitrogens with one attached hydrogen (secondary N) is 2. The number of amides is 1. The first kappa shape index (κ1) is 39.8. The molecule has 0 spiro atoms. The first-order valence-electron chi connectivity index (χ1n) is 17.6. The van der Waals surface area contributed by atoms with Crippen molar-refractivity contribution in [2.24, 2.45) is 5.92 Å². The van der Waals surface area contributed by atoms with Crippen LogP contribution in [0.15, 0.2) is 109 Å². The Morgan fingerprint density at radius 2 is 1.27 bits per heavy atom. The summed E-state index contributed by atoms with van der Waals surface area (Å²) in [5, 5.41) is 16.2. The molecular weight excluding hydrogens is 660 g/mol. The van der Waals surface area contributed by atoms with Gasteiger partial charge < -0.3 is 29.4 Å². The Balaban J connectivity index is 1.32. The molecular formula is C42H50N2O8. The van der Waals surface area contributed by atoms with E-state index in [1.807, 2.05) is 84.9 Å². The highest BCUT2D eigenvalue weighted by atomic mass is 16.5. The van der Waals surface area contributed by atoms with Gasteiger partial charge in [-0.3, -0.25) is 19.7 Å². The zero-order valence-corrected chi connectivity index (χ0v) is 30.2. The van der Waals surface area contributed by atoms with E-state index in [2.05, 4.69) is 10.6 Å². The summed E-state index contributed by atoms with van der Waals surface area (Å²) in [7, 11) is 4.54. The molecule has 4 aromatic rings. The number of aliphatic hydroxyl groups is 1. The van der Waals surface area contributed by atoms with E-state index in [0.717, 1.165) is 34.6 Å². The zero-order valence-electron chi connectivity index (χ0n) is 30.2. The highest BCUT2D eigenvalue weighted by Gasteiger charge is 2.38. The van der Waals surface area contributed by atoms with Gasteiger partial charge in [-0.05, 0) is 60.2 Å². The average Bonchev–Trinajstić information content (AvgIpc) is 3.20. The number of ether oxygens (including phenoxy) is 4. The smallest absolute Gasteiger partial charge is 0.322 e. The van der Waals surface area contributed by atoms with Crippen molar-refractivity contribution in [3.8, 4) is 11.5 Å². The third-order valence-corrected chi connectivity index (χ3v) is 9.08. The van der Waals surface area contributed by atoms with Crippen LogP contribution < -0.4 is 20.1 Å². The predicted molar refractivity (Wildman–Crippen MR) is 200 cm³/mol. The normalized spacial score (nSPS) is 12.4. The van der Waals surface area contributed by atoms with Gasteiger partial charge in [-0.25, -0.2) is 0 Å². The molecule has 0 bridgehead atoms. The van der Waals surface area contributed by atoms with Gasteiger partial charge in [0.15, 0.2) is 5.78 Å². The lowest BCUT2D eigenvalue weighted by molar-refractivity contribution is -0.143. The number of aliphatic hydroxyl groups excluding tert-OH is 1. The van der Waals surface area contributed by atoms with Gasteiger partial charge in [0.25, 0.3) is 0 Å². The number of hydrogen-bond donors (Lipinski definition) is 3. The molecule has 0 radical (unpaired) electrons. The van der Waals surface area contributed by atoms with Gasteiger partial charge >= 0.3 is 5.97 Å². The summed E-state index contributed by atoms with van der Waals surface area (Å²) in [5.41, 5.74) is 2.33. The fourth-order valence-electron chi connectivity index (χ4n) is 6.08. The Morgan fingerprint density at radius 3 is 1.81 bits per heavy atom. The van der Waals surface area contributed by atoms with Crippen LogP contribution in [0.1, 0.15) is 59.2 Å². The van der Waals surface area contributed by atoms with Gasteiger partial charge in [0, 0.05) is 31.1 Å². The van der Waals surface area contributed by atoms with Gasteiger partial charge in [-0.2, -0.15) is 0 Å². The van der Waals surface area contributed by atoms with Crippen molar-refractivity contribution in [1.82, 2.24) is 10.6 Å². The van der Waals surface area contributed by atoms with Crippen molar-refractivity contribution in [3.63, 3.8) is 0 Å². The molecule has 0 heterocycles. The maximum absolute atomic E-state index is 12.6. The Kier molecular flexibility index (Phi) is 15.8. The van der Waals surface area contributed by atoms with E-state index in [1.54, 1.807) is 38.5 Å². The van der Waals surface area contributed by atoms with Crippen LogP contribution in [0.4, 0.5) is 0 Å². The van der Waals surface area contributed by atoms with Gasteiger partial charge in [0.1, 0.15) is 23.1 Å². The van der Waals surface area contributed by atoms with E-state index < -0.39 is 17.6 Å². The summed E-state index contributed by atoms with van der Waals surface area (Å²) in [5.74, 6) is 0.436. The van der Waals surface area contributed by atoms with Crippen molar-refractivity contribution >= 4 is 17.7 Å². The number of rotatable bonds is 22. The van der Waals surface area contributed by atoms with Crippen molar-refractivity contribution in [1.29, 1.82) is 0 Å². The number of unbranched alkanes of at least 4 members (excludes halogenated alkanes) is 1. The fourth-order valence-corrected chi connectivity index (χ4v) is 6.08. The minimum Gasteiger partial charge on any atom is -0.497 e. The molecule has 1 amide bonds. The van der Waals surface area contributed by atoms with Crippen molar-refractivity contribution in [3.05, 3.63) is 131 Å². The highest BCUT2D eigenvalue weighted by molar-refractivity contribution is 5.97. The topological polar surface area (TPSA) is 132 Å². The van der Waals surface area contributed by atoms with Crippen molar-refractivity contribution in [2.75, 3.05) is 47.6 Å². The van der Waals surface area contributed by atoms with Crippen LogP contribution in [-0.2, 0) is 24.7 Å². The molecule has 10 nitrogen and oxygen atoms in total. The molecule has 52 heavy (non-hydrogen) atoms. The Hall–Kier alpha value is -5.03. The van der Waals surface area contributed by atoms with Gasteiger partial charge in [-0.1, -0.05) is 91.3 Å². The Morgan fingerprint density at radius 1 is 0.712 bits per heavy atom. The quantitative estimate of drug-likeness (QED) is 0.0407. The molecule has 2 unspecified atom stereocenters. The second-order valence-corrected chi connectivity index (χ2v) is 12.5. The van der Waals surface area contributed by atoms with E-state index in [-0.39, 0.29) is 50.2 Å². The van der Waals surface area contributed by atoms with Crippen LogP contribution >= 0.6 is 0 Å². The molecule has 4 aromatic carbocycles. The van der Waals surface area contributed by atoms with Crippen LogP contribution in [0.5, 0.6) is 11.5 Å². The summed E-state index contributed by atoms with van der Waals surface area (Å²) >= 11 is 0. The predicted octanol–water partition coefficient (Wildman–Crippen LogP) is 5.70. The number of methoxy groups -OCH3 is 3. The third kappa shape index (κ3) is 11.0. The molecule has 4 rings (SSSR count). The lowest BCUT2D eigenvalue weighted by Gasteiger charge is -2.37. The second-order valence-electron chi connectivity index (χ2n) is 12.5. The number of Topliss-reactive ketones (excluding diaryl/α,β-unsaturated/α-hetero) is 1. The number of hydrogen-bond acceptors (Lipinski definition) is 9. The van der Waals surface area contributed by atoms with Crippen LogP contribution in [0.3, 0.4) is 0 Å². The maximum Gasteiger partial charge on any atom is 0.322 e. The average molecular weight is 711 g/mol. The molecule has 276 valence electrons. The number of benzene rings is 4. The molecule has 0 aliphatic heterocycles. The summed E-state index contributed by atoms with van der Waals surface area (Å²) in [4.78, 5) is 37.4. The molecule has 0 fully saturated rings. The highest BCUT2D eigenvalue weighted by Crippen LogP contribution is 2.42. The van der Waals surface area contributed by atoms with Gasteiger partial charge in [0.05, 0.1) is 34.5 Å². The number of carbonyl (C=O) groups excluding carboxylic acids is 3. The van der Waals surface area contributed by atoms with Crippen molar-refractivity contribution in [2.45, 2.75) is 43.7 Å². The summed E-state index contributed by atoms with van der Waals surface area (Å²) in [6, 6.07) is 33.7. The molecule has 10 heteroatoms. The molecule has 0 aliphatic rings. The first-order valence-corrected chi connectivity index (χ1v) is 17.6. The van der Waals surface area contributed by atoms with Gasteiger partial charge in [-0.15, -0.1) is 0 Å². The monoisotopic (exact) mass is 710 g/mol. The van der Waals surface area contributed by atoms with E-state index >= 15 is 0 Å². The maximum atomic E-state index is 12.6. The molecule has 3 N–H and O–H groups in total. The Bertz CT molecular complexity index is 1620. The van der Waals surface area contributed by atoms with E-state index in [1.165, 1.54) is 7.11 Å². The first-order chi connectivity index (χ1) is 25.3. The number of ketones is 1. The molecule has 0 aliphatic carbocycles. The lowest BCUT2D eigenvalue weighted by atomic mass is 9.79. The zero-order chi connectivity index (χ0) is 37.2. The van der Waals surface area contributed by atoms with Crippen LogP contribution in [0, 0.1) is 5.92 Å². The largest absolute Gasteiger partial charge is 0.497 e.